The molecule has 3 aromatic carbocycles. The van der Waals surface area contributed by atoms with Crippen LogP contribution in [0.5, 0.6) is 11.5 Å². The number of amides is 2. The van der Waals surface area contributed by atoms with Crippen molar-refractivity contribution in [2.75, 3.05) is 45.2 Å². The Morgan fingerprint density at radius 1 is 1.07 bits per heavy atom. The van der Waals surface area contributed by atoms with E-state index in [1.54, 1.807) is 4.57 Å². The molecule has 1 saturated heterocycles. The number of halogens is 1. The van der Waals surface area contributed by atoms with E-state index in [2.05, 4.69) is 15.5 Å². The summed E-state index contributed by atoms with van der Waals surface area (Å²) in [5.41, 5.74) is 1.80. The number of anilines is 1. The van der Waals surface area contributed by atoms with Gasteiger partial charge in [-0.1, -0.05) is 18.2 Å². The van der Waals surface area contributed by atoms with Crippen LogP contribution in [0.25, 0.3) is 38.5 Å². The van der Waals surface area contributed by atoms with Crippen molar-refractivity contribution in [1.29, 1.82) is 0 Å². The molecule has 0 bridgehead atoms. The molecule has 2 aromatic heterocycles. The Bertz CT molecular complexity index is 2070. The number of hydrogen-bond donors (Lipinski definition) is 2. The summed E-state index contributed by atoms with van der Waals surface area (Å²) < 4.78 is 30.5. The van der Waals surface area contributed by atoms with Crippen molar-refractivity contribution in [1.82, 2.24) is 20.1 Å². The molecule has 232 valence electrons. The number of fused-ring (bicyclic) bond motifs is 5. The van der Waals surface area contributed by atoms with Gasteiger partial charge in [-0.15, -0.1) is 0 Å². The van der Waals surface area contributed by atoms with E-state index < -0.39 is 17.2 Å². The molecular formula is C34H34FN5O5. The van der Waals surface area contributed by atoms with Crippen LogP contribution >= 0.6 is 0 Å². The third-order valence-corrected chi connectivity index (χ3v) is 8.57. The first-order chi connectivity index (χ1) is 21.7. The number of furan rings is 1. The van der Waals surface area contributed by atoms with Gasteiger partial charge in [-0.05, 0) is 58.1 Å². The fraction of sp³-hybridized carbons (Fsp3) is 0.324. The van der Waals surface area contributed by atoms with E-state index in [1.807, 2.05) is 55.4 Å². The number of ether oxygens (including phenoxy) is 1. The summed E-state index contributed by atoms with van der Waals surface area (Å²) in [5.74, 6) is -0.672. The lowest BCUT2D eigenvalue weighted by molar-refractivity contribution is -0.119. The highest BCUT2D eigenvalue weighted by atomic mass is 19.1. The van der Waals surface area contributed by atoms with Crippen LogP contribution in [0.1, 0.15) is 36.5 Å². The van der Waals surface area contributed by atoms with Gasteiger partial charge in [0.05, 0.1) is 11.1 Å². The van der Waals surface area contributed by atoms with Crippen molar-refractivity contribution < 1.29 is 23.1 Å². The maximum Gasteiger partial charge on any atom is 0.256 e. The average molecular weight is 612 g/mol. The highest BCUT2D eigenvalue weighted by Gasteiger charge is 2.34. The van der Waals surface area contributed by atoms with E-state index in [9.17, 15) is 14.4 Å². The van der Waals surface area contributed by atoms with E-state index >= 15 is 4.39 Å². The molecular weight excluding hydrogens is 577 g/mol. The highest BCUT2D eigenvalue weighted by Crippen LogP contribution is 2.48. The molecule has 2 N–H and O–H groups in total. The maximum absolute atomic E-state index is 16.1. The van der Waals surface area contributed by atoms with Crippen LogP contribution < -0.4 is 25.7 Å². The first kappa shape index (κ1) is 28.8. The van der Waals surface area contributed by atoms with Gasteiger partial charge in [-0.3, -0.25) is 14.4 Å². The van der Waals surface area contributed by atoms with E-state index in [-0.39, 0.29) is 34.3 Å². The third kappa shape index (κ3) is 5.06. The summed E-state index contributed by atoms with van der Waals surface area (Å²) in [6.07, 6.45) is 3.80. The zero-order valence-electron chi connectivity index (χ0n) is 25.4. The largest absolute Gasteiger partial charge is 0.456 e. The Morgan fingerprint density at radius 3 is 2.69 bits per heavy atom. The van der Waals surface area contributed by atoms with Crippen LogP contribution in [0, 0.1) is 5.82 Å². The number of nitrogens with one attached hydrogen (secondary N) is 2. The fourth-order valence-corrected chi connectivity index (χ4v) is 6.50. The molecule has 1 fully saturated rings. The molecule has 1 atom stereocenters. The van der Waals surface area contributed by atoms with Crippen molar-refractivity contribution in [2.24, 2.45) is 0 Å². The molecule has 0 saturated carbocycles. The normalized spacial score (nSPS) is 15.6. The molecule has 2 aliphatic rings. The number of para-hydroxylation sites is 1. The standard InChI is InChI=1S/C34H34FN5O5/c1-19(41)37-20-10-13-39(17-20)31-25(35)14-23-30-33(31)45-29-15-22-21-8-4-5-9-27(21)44-28(22)16-26(29)40(30)18-24(32(23)42)34(43)36-11-6-7-12-38(2)3/h4-5,8-9,14-16,18,20H,6-7,10-13,17H2,1-3H3,(H,36,43)(H,37,41)/t20-/m1/s1. The Labute approximate surface area is 258 Å². The molecule has 5 aromatic rings. The quantitative estimate of drug-likeness (QED) is 0.235. The number of carbonyl (C=O) groups is 2. The van der Waals surface area contributed by atoms with Crippen molar-refractivity contribution in [3.8, 4) is 17.2 Å². The van der Waals surface area contributed by atoms with Crippen LogP contribution in [0.3, 0.4) is 0 Å². The number of nitrogens with zero attached hydrogens (tertiary/aromatic N) is 3. The zero-order valence-corrected chi connectivity index (χ0v) is 25.4. The monoisotopic (exact) mass is 611 g/mol. The summed E-state index contributed by atoms with van der Waals surface area (Å²) in [4.78, 5) is 42.8. The predicted octanol–water partition coefficient (Wildman–Crippen LogP) is 4.92. The van der Waals surface area contributed by atoms with Gasteiger partial charge >= 0.3 is 0 Å². The molecule has 45 heavy (non-hydrogen) atoms. The fourth-order valence-electron chi connectivity index (χ4n) is 6.50. The number of rotatable bonds is 8. The minimum absolute atomic E-state index is 0.0412. The van der Waals surface area contributed by atoms with Crippen molar-refractivity contribution >= 4 is 50.3 Å². The van der Waals surface area contributed by atoms with Gasteiger partial charge in [0, 0.05) is 55.6 Å². The lowest BCUT2D eigenvalue weighted by Crippen LogP contribution is -2.36. The van der Waals surface area contributed by atoms with E-state index in [1.165, 1.54) is 19.2 Å². The Kier molecular flexibility index (Phi) is 7.20. The highest BCUT2D eigenvalue weighted by molar-refractivity contribution is 6.07. The van der Waals surface area contributed by atoms with Gasteiger partial charge in [0.15, 0.2) is 17.3 Å². The third-order valence-electron chi connectivity index (χ3n) is 8.57. The van der Waals surface area contributed by atoms with Crippen LogP contribution in [-0.2, 0) is 4.79 Å². The van der Waals surface area contributed by atoms with Crippen LogP contribution in [0.15, 0.2) is 57.9 Å². The van der Waals surface area contributed by atoms with Gasteiger partial charge in [0.1, 0.15) is 27.9 Å². The van der Waals surface area contributed by atoms with Gasteiger partial charge in [-0.25, -0.2) is 4.39 Å². The second kappa shape index (κ2) is 11.2. The average Bonchev–Trinajstić information content (AvgIpc) is 3.60. The number of pyridine rings is 1. The number of hydrogen-bond acceptors (Lipinski definition) is 7. The SMILES string of the molecule is CC(=O)N[C@@H]1CCN(c2c(F)cc3c(=O)c(C(=O)NCCCCN(C)C)cn4c3c2Oc2cc3c(cc2-4)oc2ccccc23)C1. The summed E-state index contributed by atoms with van der Waals surface area (Å²) in [6.45, 7) is 3.63. The molecule has 0 spiro atoms. The smallest absolute Gasteiger partial charge is 0.256 e. The number of carbonyl (C=O) groups excluding carboxylic acids is 2. The van der Waals surface area contributed by atoms with E-state index in [0.29, 0.717) is 54.2 Å². The zero-order chi connectivity index (χ0) is 31.4. The number of unbranched alkanes of at least 4 members (excludes halogenated alkanes) is 1. The first-order valence-corrected chi connectivity index (χ1v) is 15.2. The molecule has 11 heteroatoms. The number of aromatic nitrogens is 1. The van der Waals surface area contributed by atoms with Crippen molar-refractivity contribution in [3.05, 3.63) is 70.3 Å². The van der Waals surface area contributed by atoms with Gasteiger partial charge in [0.25, 0.3) is 5.91 Å². The Hall–Kier alpha value is -4.90. The lowest BCUT2D eigenvalue weighted by atomic mass is 10.0. The molecule has 0 aliphatic carbocycles. The molecule has 4 heterocycles. The molecule has 0 radical (unpaired) electrons. The predicted molar refractivity (Wildman–Crippen MR) is 171 cm³/mol. The number of benzene rings is 3. The van der Waals surface area contributed by atoms with E-state index in [4.69, 9.17) is 9.15 Å². The summed E-state index contributed by atoms with van der Waals surface area (Å²) in [6, 6.07) is 12.4. The second-order valence-electron chi connectivity index (χ2n) is 12.1. The molecule has 2 amide bonds. The maximum atomic E-state index is 16.1. The Morgan fingerprint density at radius 2 is 1.89 bits per heavy atom. The molecule has 7 rings (SSSR count). The summed E-state index contributed by atoms with van der Waals surface area (Å²) in [7, 11) is 3.98. The van der Waals surface area contributed by atoms with Gasteiger partial charge < -0.3 is 34.2 Å². The lowest BCUT2D eigenvalue weighted by Gasteiger charge is -2.29. The van der Waals surface area contributed by atoms with Crippen LogP contribution in [0.4, 0.5) is 10.1 Å². The molecule has 2 aliphatic heterocycles. The topological polar surface area (TPSA) is 109 Å². The van der Waals surface area contributed by atoms with Crippen LogP contribution in [-0.4, -0.2) is 67.6 Å². The summed E-state index contributed by atoms with van der Waals surface area (Å²) in [5, 5.41) is 7.55. The minimum atomic E-state index is -0.635. The van der Waals surface area contributed by atoms with Crippen molar-refractivity contribution in [2.45, 2.75) is 32.2 Å². The van der Waals surface area contributed by atoms with E-state index in [0.717, 1.165) is 30.2 Å². The van der Waals surface area contributed by atoms with Crippen LogP contribution in [0.2, 0.25) is 0 Å². The van der Waals surface area contributed by atoms with Gasteiger partial charge in [0.2, 0.25) is 11.3 Å². The van der Waals surface area contributed by atoms with Crippen molar-refractivity contribution in [3.63, 3.8) is 0 Å². The second-order valence-corrected chi connectivity index (χ2v) is 12.1. The molecule has 10 nitrogen and oxygen atoms in total. The Balaban J connectivity index is 1.38. The molecule has 0 unspecified atom stereocenters. The van der Waals surface area contributed by atoms with Gasteiger partial charge in [-0.2, -0.15) is 0 Å². The summed E-state index contributed by atoms with van der Waals surface area (Å²) >= 11 is 0. The minimum Gasteiger partial charge on any atom is -0.456 e. The first-order valence-electron chi connectivity index (χ1n) is 15.2.